The third-order valence-corrected chi connectivity index (χ3v) is 3.35. The molecule has 3 nitrogen and oxygen atoms in total. The number of carbonyl (C=O) groups is 2. The highest BCUT2D eigenvalue weighted by atomic mass is 16.2. The summed E-state index contributed by atoms with van der Waals surface area (Å²) in [5, 5.41) is 0. The Hall–Kier alpha value is -2.42. The first kappa shape index (κ1) is 13.0. The lowest BCUT2D eigenvalue weighted by Crippen LogP contribution is -2.19. The second kappa shape index (κ2) is 5.48. The van der Waals surface area contributed by atoms with Gasteiger partial charge < -0.3 is 0 Å². The molecule has 0 heterocycles. The highest BCUT2D eigenvalue weighted by Crippen LogP contribution is 2.30. The molecule has 2 rings (SSSR count). The van der Waals surface area contributed by atoms with E-state index in [1.165, 1.54) is 0 Å². The second-order valence-electron chi connectivity index (χ2n) is 4.37. The molecular weight excluding hydrogens is 238 g/mol. The maximum absolute atomic E-state index is 10.8. The van der Waals surface area contributed by atoms with E-state index in [1.807, 2.05) is 50.2 Å². The number of hydrogen-bond acceptors (Lipinski definition) is 2. The van der Waals surface area contributed by atoms with Gasteiger partial charge in [-0.05, 0) is 42.2 Å². The highest BCUT2D eigenvalue weighted by molar-refractivity contribution is 5.97. The van der Waals surface area contributed by atoms with E-state index in [-0.39, 0.29) is 0 Å². The number of anilines is 1. The van der Waals surface area contributed by atoms with Crippen LogP contribution >= 0.6 is 0 Å². The van der Waals surface area contributed by atoms with E-state index >= 15 is 0 Å². The predicted molar refractivity (Wildman–Crippen MR) is 76.0 cm³/mol. The van der Waals surface area contributed by atoms with Crippen LogP contribution < -0.4 is 4.90 Å². The number of nitrogens with zero attached hydrogens (tertiary/aromatic N) is 1. The van der Waals surface area contributed by atoms with Crippen LogP contribution in [0.1, 0.15) is 11.1 Å². The van der Waals surface area contributed by atoms with Crippen molar-refractivity contribution >= 4 is 18.5 Å². The summed E-state index contributed by atoms with van der Waals surface area (Å²) in [5.41, 5.74) is 4.86. The summed E-state index contributed by atoms with van der Waals surface area (Å²) in [6.45, 7) is 3.91. The summed E-state index contributed by atoms with van der Waals surface area (Å²) in [4.78, 5) is 22.8. The maximum Gasteiger partial charge on any atom is 0.220 e. The standard InChI is InChI=1S/C16H15NO2/c1-12-13(2)16(17(10-18)11-19)9-8-15(12)14-6-4-3-5-7-14/h3-11H,1-2H3. The van der Waals surface area contributed by atoms with Crippen LogP contribution in [-0.4, -0.2) is 12.8 Å². The van der Waals surface area contributed by atoms with Crippen LogP contribution in [0.5, 0.6) is 0 Å². The lowest BCUT2D eigenvalue weighted by Gasteiger charge is -2.17. The molecule has 3 heteroatoms. The van der Waals surface area contributed by atoms with Crippen molar-refractivity contribution in [3.05, 3.63) is 53.6 Å². The van der Waals surface area contributed by atoms with Gasteiger partial charge in [0.2, 0.25) is 12.8 Å². The van der Waals surface area contributed by atoms with Gasteiger partial charge in [0, 0.05) is 0 Å². The Morgan fingerprint density at radius 2 is 1.47 bits per heavy atom. The fourth-order valence-corrected chi connectivity index (χ4v) is 2.15. The van der Waals surface area contributed by atoms with Gasteiger partial charge in [-0.2, -0.15) is 0 Å². The first-order valence-electron chi connectivity index (χ1n) is 6.03. The third-order valence-electron chi connectivity index (χ3n) is 3.35. The number of carbonyl (C=O) groups excluding carboxylic acids is 2. The molecule has 0 unspecified atom stereocenters. The molecule has 0 fully saturated rings. The second-order valence-corrected chi connectivity index (χ2v) is 4.37. The van der Waals surface area contributed by atoms with Gasteiger partial charge in [-0.15, -0.1) is 0 Å². The minimum atomic E-state index is 0.525. The number of benzene rings is 2. The molecule has 0 saturated heterocycles. The first-order valence-corrected chi connectivity index (χ1v) is 6.03. The van der Waals surface area contributed by atoms with E-state index in [9.17, 15) is 9.59 Å². The van der Waals surface area contributed by atoms with Gasteiger partial charge in [-0.3, -0.25) is 14.5 Å². The average Bonchev–Trinajstić information content (AvgIpc) is 2.46. The normalized spacial score (nSPS) is 10.0. The van der Waals surface area contributed by atoms with E-state index in [0.717, 1.165) is 27.2 Å². The fraction of sp³-hybridized carbons (Fsp3) is 0.125. The lowest BCUT2D eigenvalue weighted by molar-refractivity contribution is -0.114. The van der Waals surface area contributed by atoms with Crippen molar-refractivity contribution in [2.45, 2.75) is 13.8 Å². The van der Waals surface area contributed by atoms with Crippen LogP contribution in [0.25, 0.3) is 11.1 Å². The Bertz CT molecular complexity index is 598. The van der Waals surface area contributed by atoms with Gasteiger partial charge in [-0.1, -0.05) is 36.4 Å². The summed E-state index contributed by atoms with van der Waals surface area (Å²) < 4.78 is 0. The molecule has 96 valence electrons. The molecule has 0 aliphatic heterocycles. The Morgan fingerprint density at radius 3 is 2.05 bits per heavy atom. The Balaban J connectivity index is 2.55. The first-order chi connectivity index (χ1) is 9.19. The minimum absolute atomic E-state index is 0.525. The van der Waals surface area contributed by atoms with E-state index in [4.69, 9.17) is 0 Å². The molecular formula is C16H15NO2. The van der Waals surface area contributed by atoms with Crippen molar-refractivity contribution in [1.29, 1.82) is 0 Å². The van der Waals surface area contributed by atoms with Crippen molar-refractivity contribution in [1.82, 2.24) is 0 Å². The Kier molecular flexibility index (Phi) is 3.76. The van der Waals surface area contributed by atoms with Crippen LogP contribution in [0, 0.1) is 13.8 Å². The topological polar surface area (TPSA) is 37.4 Å². The molecule has 2 aromatic carbocycles. The largest absolute Gasteiger partial charge is 0.278 e. The number of imide groups is 1. The average molecular weight is 253 g/mol. The van der Waals surface area contributed by atoms with Crippen LogP contribution in [0.3, 0.4) is 0 Å². The molecule has 0 radical (unpaired) electrons. The van der Waals surface area contributed by atoms with E-state index in [1.54, 1.807) is 6.07 Å². The molecule has 0 saturated carbocycles. The SMILES string of the molecule is Cc1c(-c2ccccc2)ccc(N(C=O)C=O)c1C. The number of rotatable bonds is 4. The van der Waals surface area contributed by atoms with Crippen LogP contribution in [0.4, 0.5) is 5.69 Å². The maximum atomic E-state index is 10.8. The smallest absolute Gasteiger partial charge is 0.220 e. The molecule has 2 aromatic rings. The van der Waals surface area contributed by atoms with Gasteiger partial charge in [0.15, 0.2) is 0 Å². The quantitative estimate of drug-likeness (QED) is 0.785. The zero-order valence-corrected chi connectivity index (χ0v) is 11.0. The zero-order valence-electron chi connectivity index (χ0n) is 11.0. The van der Waals surface area contributed by atoms with Crippen LogP contribution in [-0.2, 0) is 9.59 Å². The minimum Gasteiger partial charge on any atom is -0.278 e. The predicted octanol–water partition coefficient (Wildman–Crippen LogP) is 3.09. The summed E-state index contributed by atoms with van der Waals surface area (Å²) in [7, 11) is 0. The summed E-state index contributed by atoms with van der Waals surface area (Å²) >= 11 is 0. The number of hydrogen-bond donors (Lipinski definition) is 0. The summed E-state index contributed by atoms with van der Waals surface area (Å²) in [5.74, 6) is 0. The molecule has 0 N–H and O–H groups in total. The van der Waals surface area contributed by atoms with E-state index < -0.39 is 0 Å². The lowest BCUT2D eigenvalue weighted by atomic mass is 9.95. The highest BCUT2D eigenvalue weighted by Gasteiger charge is 2.12. The van der Waals surface area contributed by atoms with Gasteiger partial charge in [0.1, 0.15) is 0 Å². The summed E-state index contributed by atoms with van der Waals surface area (Å²) in [6, 6.07) is 13.8. The van der Waals surface area contributed by atoms with Gasteiger partial charge in [0.25, 0.3) is 0 Å². The molecule has 2 amide bonds. The fourth-order valence-electron chi connectivity index (χ4n) is 2.15. The molecule has 0 bridgehead atoms. The molecule has 0 spiro atoms. The van der Waals surface area contributed by atoms with Crippen molar-refractivity contribution in [2.24, 2.45) is 0 Å². The molecule has 19 heavy (non-hydrogen) atoms. The Morgan fingerprint density at radius 1 is 0.842 bits per heavy atom. The summed E-state index contributed by atoms with van der Waals surface area (Å²) in [6.07, 6.45) is 1.05. The van der Waals surface area contributed by atoms with Crippen LogP contribution in [0.15, 0.2) is 42.5 Å². The van der Waals surface area contributed by atoms with Crippen molar-refractivity contribution in [2.75, 3.05) is 4.90 Å². The van der Waals surface area contributed by atoms with E-state index in [2.05, 4.69) is 0 Å². The van der Waals surface area contributed by atoms with Gasteiger partial charge >= 0.3 is 0 Å². The van der Waals surface area contributed by atoms with Crippen molar-refractivity contribution < 1.29 is 9.59 Å². The molecule has 0 aromatic heterocycles. The van der Waals surface area contributed by atoms with E-state index in [0.29, 0.717) is 18.5 Å². The Labute approximate surface area is 112 Å². The molecule has 0 aliphatic carbocycles. The van der Waals surface area contributed by atoms with Gasteiger partial charge in [0.05, 0.1) is 5.69 Å². The number of amides is 2. The third kappa shape index (κ3) is 2.40. The van der Waals surface area contributed by atoms with Crippen molar-refractivity contribution in [3.8, 4) is 11.1 Å². The van der Waals surface area contributed by atoms with Crippen molar-refractivity contribution in [3.63, 3.8) is 0 Å². The zero-order chi connectivity index (χ0) is 13.8. The monoisotopic (exact) mass is 253 g/mol. The molecule has 0 aliphatic rings. The van der Waals surface area contributed by atoms with Gasteiger partial charge in [-0.25, -0.2) is 0 Å². The molecule has 0 atom stereocenters. The van der Waals surface area contributed by atoms with Crippen LogP contribution in [0.2, 0.25) is 0 Å².